The number of nitrogens with two attached hydrogens (primary N) is 1. The zero-order valence-corrected chi connectivity index (χ0v) is 16.2. The number of alkyl halides is 2. The molecule has 2 N–H and O–H groups in total. The summed E-state index contributed by atoms with van der Waals surface area (Å²) in [7, 11) is -4.14. The molecule has 140 valence electrons. The van der Waals surface area contributed by atoms with Gasteiger partial charge in [-0.3, -0.25) is 0 Å². The molecular weight excluding hydrogens is 419 g/mol. The Morgan fingerprint density at radius 3 is 2.04 bits per heavy atom. The van der Waals surface area contributed by atoms with E-state index in [-0.39, 0.29) is 51.3 Å². The molecular formula is C14H15Cl2F2NO4S2. The molecule has 0 saturated heterocycles. The second-order valence-electron chi connectivity index (χ2n) is 4.83. The molecule has 1 aromatic carbocycles. The molecule has 0 bridgehead atoms. The first-order valence-electron chi connectivity index (χ1n) is 7.14. The van der Waals surface area contributed by atoms with Crippen LogP contribution in [0.2, 0.25) is 0 Å². The molecule has 0 fully saturated rings. The zero-order valence-electron chi connectivity index (χ0n) is 13.1. The van der Waals surface area contributed by atoms with Crippen LogP contribution in [0.4, 0.5) is 8.78 Å². The molecule has 2 rings (SSSR count). The maximum Gasteiger partial charge on any atom is 0.247 e. The van der Waals surface area contributed by atoms with E-state index in [0.29, 0.717) is 11.3 Å². The number of ether oxygens (including phenoxy) is 2. The van der Waals surface area contributed by atoms with Crippen molar-refractivity contribution in [3.05, 3.63) is 17.2 Å². The number of thiophene rings is 1. The van der Waals surface area contributed by atoms with Gasteiger partial charge in [0.05, 0.1) is 16.5 Å². The quantitative estimate of drug-likeness (QED) is 0.644. The predicted molar refractivity (Wildman–Crippen MR) is 94.9 cm³/mol. The highest BCUT2D eigenvalue weighted by Gasteiger charge is 2.30. The Labute approximate surface area is 157 Å². The summed E-state index contributed by atoms with van der Waals surface area (Å²) in [5.41, 5.74) is 0.0958. The molecule has 0 spiro atoms. The van der Waals surface area contributed by atoms with Crippen LogP contribution in [-0.4, -0.2) is 33.4 Å². The van der Waals surface area contributed by atoms with Crippen LogP contribution in [0.15, 0.2) is 4.21 Å². The molecule has 5 nitrogen and oxygen atoms in total. The van der Waals surface area contributed by atoms with Crippen LogP contribution in [-0.2, 0) is 16.4 Å². The van der Waals surface area contributed by atoms with Gasteiger partial charge in [0, 0.05) is 5.39 Å². The Balaban J connectivity index is 2.86. The molecule has 0 amide bonds. The minimum Gasteiger partial charge on any atom is -0.486 e. The molecule has 0 aliphatic heterocycles. The van der Waals surface area contributed by atoms with Crippen molar-refractivity contribution in [2.24, 2.45) is 5.14 Å². The van der Waals surface area contributed by atoms with Crippen molar-refractivity contribution in [3.63, 3.8) is 0 Å². The average Bonchev–Trinajstić information content (AvgIpc) is 2.96. The number of fused-ring (bicyclic) bond motifs is 1. The Morgan fingerprint density at radius 2 is 1.60 bits per heavy atom. The lowest BCUT2D eigenvalue weighted by Gasteiger charge is -2.14. The summed E-state index contributed by atoms with van der Waals surface area (Å²) in [4.78, 5) is 0. The molecule has 2 aromatic rings. The third kappa shape index (κ3) is 3.95. The van der Waals surface area contributed by atoms with Crippen LogP contribution in [0.1, 0.15) is 12.5 Å². The Morgan fingerprint density at radius 1 is 1.08 bits per heavy atom. The monoisotopic (exact) mass is 433 g/mol. The number of hydrogen-bond acceptors (Lipinski definition) is 5. The zero-order chi connectivity index (χ0) is 18.8. The highest BCUT2D eigenvalue weighted by molar-refractivity contribution is 7.91. The Bertz CT molecular complexity index is 887. The molecule has 0 aliphatic rings. The van der Waals surface area contributed by atoms with Gasteiger partial charge in [-0.1, -0.05) is 6.92 Å². The first-order valence-corrected chi connectivity index (χ1v) is 10.6. The van der Waals surface area contributed by atoms with E-state index in [4.69, 9.17) is 37.8 Å². The van der Waals surface area contributed by atoms with Gasteiger partial charge in [0.25, 0.3) is 0 Å². The highest BCUT2D eigenvalue weighted by atomic mass is 35.5. The summed E-state index contributed by atoms with van der Waals surface area (Å²) in [5, 5.41) is 4.99. The lowest BCUT2D eigenvalue weighted by molar-refractivity contribution is 0.269. The molecule has 1 heterocycles. The smallest absolute Gasteiger partial charge is 0.247 e. The maximum absolute atomic E-state index is 15.0. The van der Waals surface area contributed by atoms with E-state index in [1.165, 1.54) is 0 Å². The lowest BCUT2D eigenvalue weighted by atomic mass is 10.1. The standard InChI is InChI=1S/C14H15Cl2F2NO4S2/c1-2-7-8-9(17)11(22-5-3-15)12(23-6-4-16)10(18)13(8)24-14(7)25(19,20)21/h2-6H2,1H3,(H2,19,20,21). The molecule has 0 radical (unpaired) electrons. The van der Waals surface area contributed by atoms with Gasteiger partial charge in [0.15, 0.2) is 11.6 Å². The SMILES string of the molecule is CCc1c(S(N)(=O)=O)sc2c(F)c(OCCCl)c(OCCCl)c(F)c12. The van der Waals surface area contributed by atoms with Crippen molar-refractivity contribution in [2.75, 3.05) is 25.0 Å². The first kappa shape index (κ1) is 20.4. The summed E-state index contributed by atoms with van der Waals surface area (Å²) in [6.07, 6.45) is 0.138. The number of hydrogen-bond donors (Lipinski definition) is 1. The number of benzene rings is 1. The van der Waals surface area contributed by atoms with E-state index < -0.39 is 33.2 Å². The molecule has 1 aromatic heterocycles. The topological polar surface area (TPSA) is 78.6 Å². The summed E-state index contributed by atoms with van der Waals surface area (Å²) in [5.74, 6) is -2.71. The van der Waals surface area contributed by atoms with E-state index in [9.17, 15) is 12.8 Å². The van der Waals surface area contributed by atoms with E-state index >= 15 is 4.39 Å². The van der Waals surface area contributed by atoms with Gasteiger partial charge in [-0.2, -0.15) is 0 Å². The molecule has 0 aliphatic carbocycles. The maximum atomic E-state index is 15.0. The minimum absolute atomic E-state index is 0.0424. The molecule has 0 unspecified atom stereocenters. The van der Waals surface area contributed by atoms with Gasteiger partial charge in [-0.15, -0.1) is 34.5 Å². The third-order valence-electron chi connectivity index (χ3n) is 3.25. The molecule has 0 atom stereocenters. The number of aryl methyl sites for hydroxylation is 1. The normalized spacial score (nSPS) is 11.9. The summed E-state index contributed by atoms with van der Waals surface area (Å²) >= 11 is 11.6. The van der Waals surface area contributed by atoms with Gasteiger partial charge >= 0.3 is 0 Å². The van der Waals surface area contributed by atoms with Gasteiger partial charge < -0.3 is 9.47 Å². The Hall–Kier alpha value is -0.870. The van der Waals surface area contributed by atoms with Crippen molar-refractivity contribution in [1.29, 1.82) is 0 Å². The first-order chi connectivity index (χ1) is 11.8. The van der Waals surface area contributed by atoms with Gasteiger partial charge in [-0.05, 0) is 12.0 Å². The fourth-order valence-corrected chi connectivity index (χ4v) is 4.85. The van der Waals surface area contributed by atoms with Crippen LogP contribution in [0.3, 0.4) is 0 Å². The predicted octanol–water partition coefficient (Wildman–Crippen LogP) is 3.62. The van der Waals surface area contributed by atoms with E-state index in [1.54, 1.807) is 6.92 Å². The van der Waals surface area contributed by atoms with Crippen LogP contribution in [0, 0.1) is 11.6 Å². The van der Waals surface area contributed by atoms with Gasteiger partial charge in [0.2, 0.25) is 21.5 Å². The number of primary sulfonamides is 1. The van der Waals surface area contributed by atoms with Gasteiger partial charge in [0.1, 0.15) is 17.4 Å². The lowest BCUT2D eigenvalue weighted by Crippen LogP contribution is -2.12. The molecule has 0 saturated carbocycles. The van der Waals surface area contributed by atoms with Crippen LogP contribution in [0.25, 0.3) is 10.1 Å². The number of sulfonamides is 1. The highest BCUT2D eigenvalue weighted by Crippen LogP contribution is 2.46. The summed E-state index contributed by atoms with van der Waals surface area (Å²) in [6.45, 7) is 1.44. The minimum atomic E-state index is -4.14. The second-order valence-corrected chi connectivity index (χ2v) is 8.37. The summed E-state index contributed by atoms with van der Waals surface area (Å²) in [6, 6.07) is 0. The van der Waals surface area contributed by atoms with Crippen molar-refractivity contribution >= 4 is 54.6 Å². The van der Waals surface area contributed by atoms with E-state index in [1.807, 2.05) is 0 Å². The van der Waals surface area contributed by atoms with Gasteiger partial charge in [-0.25, -0.2) is 22.3 Å². The molecule has 11 heteroatoms. The van der Waals surface area contributed by atoms with Crippen LogP contribution >= 0.6 is 34.5 Å². The van der Waals surface area contributed by atoms with Crippen molar-refractivity contribution in [3.8, 4) is 11.5 Å². The summed E-state index contributed by atoms with van der Waals surface area (Å²) < 4.78 is 63.4. The van der Waals surface area contributed by atoms with Crippen molar-refractivity contribution in [1.82, 2.24) is 0 Å². The fraction of sp³-hybridized carbons (Fsp3) is 0.429. The Kier molecular flexibility index (Phi) is 6.72. The van der Waals surface area contributed by atoms with Crippen molar-refractivity contribution in [2.45, 2.75) is 17.6 Å². The average molecular weight is 434 g/mol. The number of halogens is 4. The largest absolute Gasteiger partial charge is 0.486 e. The van der Waals surface area contributed by atoms with Crippen LogP contribution in [0.5, 0.6) is 11.5 Å². The van der Waals surface area contributed by atoms with Crippen LogP contribution < -0.4 is 14.6 Å². The second kappa shape index (κ2) is 8.22. The van der Waals surface area contributed by atoms with E-state index in [2.05, 4.69) is 0 Å². The molecule has 25 heavy (non-hydrogen) atoms. The fourth-order valence-electron chi connectivity index (χ4n) is 2.34. The third-order valence-corrected chi connectivity index (χ3v) is 6.29. The van der Waals surface area contributed by atoms with E-state index in [0.717, 1.165) is 0 Å². The number of rotatable bonds is 8. The van der Waals surface area contributed by atoms with Crippen molar-refractivity contribution < 1.29 is 26.7 Å².